The number of hydrogen-bond acceptors (Lipinski definition) is 1. The molecule has 0 fully saturated rings. The van der Waals surface area contributed by atoms with Gasteiger partial charge >= 0.3 is 18.6 Å². The third-order valence-electron chi connectivity index (χ3n) is 3.15. The molecule has 0 unspecified atom stereocenters. The van der Waals surface area contributed by atoms with Crippen molar-refractivity contribution in [2.75, 3.05) is 4.90 Å². The predicted molar refractivity (Wildman–Crippen MR) is 83.7 cm³/mol. The van der Waals surface area contributed by atoms with Crippen molar-refractivity contribution < 1.29 is 31.1 Å². The van der Waals surface area contributed by atoms with Crippen LogP contribution in [0, 0.1) is 0 Å². The van der Waals surface area contributed by atoms with Gasteiger partial charge < -0.3 is 0 Å². The van der Waals surface area contributed by atoms with Gasteiger partial charge in [0, 0.05) is 6.20 Å². The van der Waals surface area contributed by atoms with Crippen molar-refractivity contribution in [1.82, 2.24) is 4.90 Å². The molecule has 0 heterocycles. The molecule has 2 aromatic rings. The summed E-state index contributed by atoms with van der Waals surface area (Å²) >= 11 is 0. The van der Waals surface area contributed by atoms with E-state index in [0.717, 1.165) is 6.20 Å². The molecule has 2 rings (SSSR count). The molecule has 9 heteroatoms. The molecule has 0 aromatic heterocycles. The second-order valence-corrected chi connectivity index (χ2v) is 4.99. The summed E-state index contributed by atoms with van der Waals surface area (Å²) < 4.78 is 77.0. The van der Waals surface area contributed by atoms with E-state index in [1.165, 1.54) is 36.4 Å². The van der Waals surface area contributed by atoms with E-state index in [9.17, 15) is 31.1 Å². The summed E-state index contributed by atoms with van der Waals surface area (Å²) in [6.45, 7) is 0. The Balaban J connectivity index is 2.46. The number of urea groups is 1. The second kappa shape index (κ2) is 7.51. The zero-order valence-electron chi connectivity index (χ0n) is 13.0. The second-order valence-electron chi connectivity index (χ2n) is 4.99. The van der Waals surface area contributed by atoms with E-state index in [2.05, 4.69) is 0 Å². The first-order valence-corrected chi connectivity index (χ1v) is 7.16. The van der Waals surface area contributed by atoms with E-state index in [1.807, 2.05) is 0 Å². The molecule has 0 N–H and O–H groups in total. The van der Waals surface area contributed by atoms with Gasteiger partial charge in [-0.1, -0.05) is 48.5 Å². The summed E-state index contributed by atoms with van der Waals surface area (Å²) in [6.07, 6.45) is -9.76. The Bertz CT molecular complexity index is 742. The highest BCUT2D eigenvalue weighted by Crippen LogP contribution is 2.35. The van der Waals surface area contributed by atoms with Crippen LogP contribution >= 0.6 is 0 Å². The Hall–Kier alpha value is -2.97. The molecule has 0 aliphatic carbocycles. The number of halogens is 6. The molecule has 2 amide bonds. The number of carbonyl (C=O) groups excluding carboxylic acids is 1. The van der Waals surface area contributed by atoms with Gasteiger partial charge in [-0.25, -0.2) is 4.79 Å². The zero-order valence-corrected chi connectivity index (χ0v) is 13.0. The molecule has 0 spiro atoms. The van der Waals surface area contributed by atoms with Crippen molar-refractivity contribution in [3.8, 4) is 0 Å². The van der Waals surface area contributed by atoms with Crippen LogP contribution < -0.4 is 4.90 Å². The van der Waals surface area contributed by atoms with E-state index >= 15 is 0 Å². The Morgan fingerprint density at radius 1 is 0.769 bits per heavy atom. The minimum atomic E-state index is -5.93. The molecule has 26 heavy (non-hydrogen) atoms. The number of benzene rings is 2. The van der Waals surface area contributed by atoms with Crippen molar-refractivity contribution in [1.29, 1.82) is 0 Å². The molecule has 0 saturated heterocycles. The van der Waals surface area contributed by atoms with E-state index in [1.54, 1.807) is 30.3 Å². The average Bonchev–Trinajstić information content (AvgIpc) is 2.54. The molecular weight excluding hydrogens is 362 g/mol. The fourth-order valence-electron chi connectivity index (χ4n) is 2.04. The number of carbonyl (C=O) groups is 1. The Morgan fingerprint density at radius 3 is 1.69 bits per heavy atom. The highest BCUT2D eigenvalue weighted by atomic mass is 19.4. The summed E-state index contributed by atoms with van der Waals surface area (Å²) in [4.78, 5) is 10.3. The fourth-order valence-corrected chi connectivity index (χ4v) is 2.04. The fraction of sp³-hybridized carbons (Fsp3) is 0.118. The van der Waals surface area contributed by atoms with Gasteiger partial charge in [-0.05, 0) is 23.8 Å². The summed E-state index contributed by atoms with van der Waals surface area (Å²) in [5.41, 5.74) is 0.343. The maximum atomic E-state index is 12.8. The van der Waals surface area contributed by atoms with Gasteiger partial charge in [0.05, 0.1) is 5.69 Å². The van der Waals surface area contributed by atoms with Gasteiger partial charge in [-0.15, -0.1) is 31.2 Å². The van der Waals surface area contributed by atoms with Crippen LogP contribution in [-0.2, 0) is 0 Å². The average molecular weight is 374 g/mol. The van der Waals surface area contributed by atoms with Crippen molar-refractivity contribution in [2.45, 2.75) is 12.6 Å². The van der Waals surface area contributed by atoms with Gasteiger partial charge in [-0.3, -0.25) is 4.90 Å². The molecule has 3 nitrogen and oxygen atoms in total. The lowest BCUT2D eigenvalue weighted by molar-refractivity contribution is -0.347. The van der Waals surface area contributed by atoms with E-state index in [0.29, 0.717) is 5.56 Å². The van der Waals surface area contributed by atoms with Crippen LogP contribution in [0.5, 0.6) is 0 Å². The van der Waals surface area contributed by atoms with Gasteiger partial charge in [-0.2, -0.15) is 0 Å². The van der Waals surface area contributed by atoms with Crippen LogP contribution in [0.2, 0.25) is 0 Å². The van der Waals surface area contributed by atoms with Crippen LogP contribution in [0.1, 0.15) is 5.56 Å². The summed E-state index contributed by atoms with van der Waals surface area (Å²) in [5, 5.41) is 0. The number of amides is 2. The summed E-state index contributed by atoms with van der Waals surface area (Å²) in [7, 11) is 0. The van der Waals surface area contributed by atoms with E-state index in [-0.39, 0.29) is 10.6 Å². The molecule has 0 radical (unpaired) electrons. The first-order valence-electron chi connectivity index (χ1n) is 7.16. The van der Waals surface area contributed by atoms with Crippen LogP contribution in [0.4, 0.5) is 36.8 Å². The van der Waals surface area contributed by atoms with E-state index < -0.39 is 23.5 Å². The molecular formula is C17H12F6N2O. The quantitative estimate of drug-likeness (QED) is 0.505. The Labute approximate surface area is 144 Å². The van der Waals surface area contributed by atoms with E-state index in [4.69, 9.17) is 0 Å². The maximum absolute atomic E-state index is 12.8. The molecule has 2 aromatic carbocycles. The lowest BCUT2D eigenvalue weighted by Gasteiger charge is -2.31. The smallest absolute Gasteiger partial charge is 0.269 e. The first-order chi connectivity index (χ1) is 12.1. The SMILES string of the molecule is O=C(N(C=Cc1ccccc1)c1ccccc1)N(C(F)(F)F)C(F)(F)F. The molecule has 0 aliphatic heterocycles. The number of nitrogens with zero attached hydrogens (tertiary/aromatic N) is 2. The van der Waals surface area contributed by atoms with Gasteiger partial charge in [0.15, 0.2) is 0 Å². The van der Waals surface area contributed by atoms with Crippen molar-refractivity contribution in [3.05, 3.63) is 72.4 Å². The predicted octanol–water partition coefficient (Wildman–Crippen LogP) is 5.63. The molecule has 0 aliphatic rings. The maximum Gasteiger partial charge on any atom is 0.495 e. The molecule has 0 saturated carbocycles. The number of anilines is 1. The monoisotopic (exact) mass is 374 g/mol. The van der Waals surface area contributed by atoms with Gasteiger partial charge in [0.2, 0.25) is 0 Å². The summed E-state index contributed by atoms with van der Waals surface area (Å²) in [5.74, 6) is 0. The first kappa shape index (κ1) is 19.4. The third kappa shape index (κ3) is 4.78. The number of para-hydroxylation sites is 1. The topological polar surface area (TPSA) is 23.6 Å². The van der Waals surface area contributed by atoms with Crippen molar-refractivity contribution in [3.63, 3.8) is 0 Å². The number of hydrogen-bond donors (Lipinski definition) is 0. The van der Waals surface area contributed by atoms with Crippen LogP contribution in [0.3, 0.4) is 0 Å². The standard InChI is InChI=1S/C17H12F6N2O/c18-16(19,20)25(17(21,22)23)15(26)24(14-9-5-2-6-10-14)12-11-13-7-3-1-4-8-13/h1-12H. The number of alkyl halides is 6. The normalized spacial score (nSPS) is 12.2. The van der Waals surface area contributed by atoms with Gasteiger partial charge in [0.1, 0.15) is 0 Å². The number of rotatable bonds is 3. The van der Waals surface area contributed by atoms with Gasteiger partial charge in [0.25, 0.3) is 0 Å². The zero-order chi connectivity index (χ0) is 19.4. The highest BCUT2D eigenvalue weighted by Gasteiger charge is 2.58. The third-order valence-corrected chi connectivity index (χ3v) is 3.15. The Morgan fingerprint density at radius 2 is 1.23 bits per heavy atom. The lowest BCUT2D eigenvalue weighted by Crippen LogP contribution is -2.55. The molecule has 138 valence electrons. The van der Waals surface area contributed by atoms with Crippen LogP contribution in [-0.4, -0.2) is 23.5 Å². The lowest BCUT2D eigenvalue weighted by atomic mass is 10.2. The minimum absolute atomic E-state index is 0.150. The summed E-state index contributed by atoms with van der Waals surface area (Å²) in [6, 6.07) is 12.5. The Kier molecular flexibility index (Phi) is 5.59. The van der Waals surface area contributed by atoms with Crippen molar-refractivity contribution >= 4 is 17.8 Å². The molecule has 0 atom stereocenters. The minimum Gasteiger partial charge on any atom is -0.269 e. The van der Waals surface area contributed by atoms with Crippen LogP contribution in [0.25, 0.3) is 6.08 Å². The van der Waals surface area contributed by atoms with Crippen LogP contribution in [0.15, 0.2) is 66.9 Å². The highest BCUT2D eigenvalue weighted by molar-refractivity contribution is 5.95. The largest absolute Gasteiger partial charge is 0.495 e. The van der Waals surface area contributed by atoms with Crippen molar-refractivity contribution in [2.24, 2.45) is 0 Å². The molecule has 0 bridgehead atoms.